The van der Waals surface area contributed by atoms with Crippen LogP contribution in [0.5, 0.6) is 0 Å². The monoisotopic (exact) mass is 222 g/mol. The van der Waals surface area contributed by atoms with Gasteiger partial charge in [0.05, 0.1) is 11.6 Å². The average molecular weight is 222 g/mol. The van der Waals surface area contributed by atoms with Gasteiger partial charge in [0, 0.05) is 18.9 Å². The Balaban J connectivity index is 2.45. The quantitative estimate of drug-likeness (QED) is 0.716. The number of nitriles is 1. The molecular formula is C15H14N2. The Labute approximate surface area is 101 Å². The van der Waals surface area contributed by atoms with E-state index in [1.807, 2.05) is 67.2 Å². The maximum atomic E-state index is 9.23. The number of nitrogens with zero attached hydrogens (tertiary/aromatic N) is 2. The molecule has 2 rings (SSSR count). The molecule has 0 saturated carbocycles. The number of aromatic nitrogens is 1. The van der Waals surface area contributed by atoms with Crippen LogP contribution in [0.4, 0.5) is 0 Å². The Kier molecular flexibility index (Phi) is 3.11. The van der Waals surface area contributed by atoms with Crippen molar-refractivity contribution in [2.45, 2.75) is 6.92 Å². The van der Waals surface area contributed by atoms with Crippen molar-refractivity contribution in [3.05, 3.63) is 59.4 Å². The summed E-state index contributed by atoms with van der Waals surface area (Å²) in [7, 11) is 1.97. The minimum atomic E-state index is 0.690. The molecule has 0 atom stereocenters. The van der Waals surface area contributed by atoms with Crippen molar-refractivity contribution in [3.63, 3.8) is 0 Å². The van der Waals surface area contributed by atoms with Gasteiger partial charge in [0.2, 0.25) is 0 Å². The van der Waals surface area contributed by atoms with Gasteiger partial charge in [-0.25, -0.2) is 0 Å². The van der Waals surface area contributed by atoms with Crippen molar-refractivity contribution >= 4 is 11.6 Å². The van der Waals surface area contributed by atoms with Crippen molar-refractivity contribution in [2.24, 2.45) is 7.05 Å². The molecule has 0 fully saturated rings. The molecule has 0 aliphatic carbocycles. The van der Waals surface area contributed by atoms with Gasteiger partial charge in [-0.15, -0.1) is 0 Å². The van der Waals surface area contributed by atoms with Crippen LogP contribution in [0.15, 0.2) is 42.6 Å². The van der Waals surface area contributed by atoms with E-state index in [0.29, 0.717) is 5.57 Å². The Morgan fingerprint density at radius 3 is 2.71 bits per heavy atom. The van der Waals surface area contributed by atoms with Crippen molar-refractivity contribution in [3.8, 4) is 6.07 Å². The van der Waals surface area contributed by atoms with Crippen LogP contribution >= 0.6 is 0 Å². The Morgan fingerprint density at radius 1 is 1.29 bits per heavy atom. The molecule has 0 unspecified atom stereocenters. The van der Waals surface area contributed by atoms with Gasteiger partial charge in [-0.3, -0.25) is 0 Å². The fourth-order valence-corrected chi connectivity index (χ4v) is 1.76. The number of allylic oxidation sites excluding steroid dienone is 1. The largest absolute Gasteiger partial charge is 0.351 e. The van der Waals surface area contributed by atoms with E-state index in [1.165, 1.54) is 0 Å². The highest BCUT2D eigenvalue weighted by atomic mass is 14.9. The zero-order chi connectivity index (χ0) is 12.3. The number of rotatable bonds is 2. The first-order valence-electron chi connectivity index (χ1n) is 5.51. The van der Waals surface area contributed by atoms with Crippen LogP contribution in [0, 0.1) is 18.3 Å². The van der Waals surface area contributed by atoms with E-state index >= 15 is 0 Å². The lowest BCUT2D eigenvalue weighted by atomic mass is 10.0. The normalized spacial score (nSPS) is 11.2. The van der Waals surface area contributed by atoms with Gasteiger partial charge in [-0.2, -0.15) is 5.26 Å². The fraction of sp³-hybridized carbons (Fsp3) is 0.133. The minimum absolute atomic E-state index is 0.690. The first-order chi connectivity index (χ1) is 8.20. The second-order valence-electron chi connectivity index (χ2n) is 4.08. The summed E-state index contributed by atoms with van der Waals surface area (Å²) in [5.41, 5.74) is 3.85. The molecule has 0 radical (unpaired) electrons. The van der Waals surface area contributed by atoms with E-state index in [9.17, 15) is 5.26 Å². The maximum Gasteiger partial charge on any atom is 0.0998 e. The third-order valence-electron chi connectivity index (χ3n) is 2.73. The van der Waals surface area contributed by atoms with Crippen LogP contribution in [0.3, 0.4) is 0 Å². The van der Waals surface area contributed by atoms with Crippen molar-refractivity contribution < 1.29 is 0 Å². The molecule has 0 bridgehead atoms. The van der Waals surface area contributed by atoms with Crippen molar-refractivity contribution in [1.82, 2.24) is 4.57 Å². The van der Waals surface area contributed by atoms with E-state index in [-0.39, 0.29) is 0 Å². The predicted octanol–water partition coefficient (Wildman–Crippen LogP) is 3.40. The SMILES string of the molecule is Cc1cccc(C(C#N)=Cc2cccn2C)c1. The molecule has 2 heteroatoms. The first kappa shape index (κ1) is 11.2. The van der Waals surface area contributed by atoms with Gasteiger partial charge in [0.1, 0.15) is 0 Å². The van der Waals surface area contributed by atoms with Crippen LogP contribution in [0.2, 0.25) is 0 Å². The van der Waals surface area contributed by atoms with E-state index in [0.717, 1.165) is 16.8 Å². The molecule has 1 aromatic carbocycles. The molecule has 2 aromatic rings. The van der Waals surface area contributed by atoms with Crippen LogP contribution in [-0.2, 0) is 7.05 Å². The van der Waals surface area contributed by atoms with Crippen molar-refractivity contribution in [2.75, 3.05) is 0 Å². The number of benzene rings is 1. The third kappa shape index (κ3) is 2.46. The molecule has 1 aromatic heterocycles. The molecule has 1 heterocycles. The van der Waals surface area contributed by atoms with Gasteiger partial charge in [-0.05, 0) is 30.7 Å². The highest BCUT2D eigenvalue weighted by molar-refractivity contribution is 5.89. The summed E-state index contributed by atoms with van der Waals surface area (Å²) in [5.74, 6) is 0. The summed E-state index contributed by atoms with van der Waals surface area (Å²) >= 11 is 0. The summed E-state index contributed by atoms with van der Waals surface area (Å²) in [6, 6.07) is 14.2. The first-order valence-corrected chi connectivity index (χ1v) is 5.51. The Hall–Kier alpha value is -2.27. The molecule has 84 valence electrons. The Morgan fingerprint density at radius 2 is 2.12 bits per heavy atom. The smallest absolute Gasteiger partial charge is 0.0998 e. The zero-order valence-electron chi connectivity index (χ0n) is 10.0. The fourth-order valence-electron chi connectivity index (χ4n) is 1.76. The maximum absolute atomic E-state index is 9.23. The molecule has 0 spiro atoms. The van der Waals surface area contributed by atoms with Gasteiger partial charge >= 0.3 is 0 Å². The topological polar surface area (TPSA) is 28.7 Å². The van der Waals surface area contributed by atoms with E-state index in [4.69, 9.17) is 0 Å². The number of aryl methyl sites for hydroxylation is 2. The van der Waals surface area contributed by atoms with E-state index in [2.05, 4.69) is 6.07 Å². The van der Waals surface area contributed by atoms with E-state index < -0.39 is 0 Å². The number of hydrogen-bond acceptors (Lipinski definition) is 1. The lowest BCUT2D eigenvalue weighted by Gasteiger charge is -2.02. The Bertz CT molecular complexity index is 597. The van der Waals surface area contributed by atoms with Gasteiger partial charge in [0.25, 0.3) is 0 Å². The van der Waals surface area contributed by atoms with Crippen LogP contribution < -0.4 is 0 Å². The summed E-state index contributed by atoms with van der Waals surface area (Å²) in [6.07, 6.45) is 3.88. The van der Waals surface area contributed by atoms with Crippen molar-refractivity contribution in [1.29, 1.82) is 5.26 Å². The summed E-state index contributed by atoms with van der Waals surface area (Å²) in [6.45, 7) is 2.03. The summed E-state index contributed by atoms with van der Waals surface area (Å²) < 4.78 is 1.99. The molecular weight excluding hydrogens is 208 g/mol. The molecule has 0 aliphatic heterocycles. The predicted molar refractivity (Wildman–Crippen MR) is 70.1 cm³/mol. The standard InChI is InChI=1S/C15H14N2/c1-12-5-3-6-13(9-12)14(11-16)10-15-7-4-8-17(15)2/h3-10H,1-2H3. The lowest BCUT2D eigenvalue weighted by Crippen LogP contribution is -1.89. The highest BCUT2D eigenvalue weighted by Crippen LogP contribution is 2.18. The minimum Gasteiger partial charge on any atom is -0.351 e. The zero-order valence-corrected chi connectivity index (χ0v) is 10.0. The van der Waals surface area contributed by atoms with Crippen LogP contribution in [-0.4, -0.2) is 4.57 Å². The number of hydrogen-bond donors (Lipinski definition) is 0. The molecule has 0 aliphatic rings. The summed E-state index contributed by atoms with van der Waals surface area (Å²) in [4.78, 5) is 0. The highest BCUT2D eigenvalue weighted by Gasteiger charge is 2.02. The second-order valence-corrected chi connectivity index (χ2v) is 4.08. The van der Waals surface area contributed by atoms with Crippen LogP contribution in [0.25, 0.3) is 11.6 Å². The molecule has 2 nitrogen and oxygen atoms in total. The summed E-state index contributed by atoms with van der Waals surface area (Å²) in [5, 5.41) is 9.23. The average Bonchev–Trinajstić information content (AvgIpc) is 2.71. The molecule has 0 N–H and O–H groups in total. The molecule has 0 amide bonds. The molecule has 0 saturated heterocycles. The second kappa shape index (κ2) is 4.71. The lowest BCUT2D eigenvalue weighted by molar-refractivity contribution is 0.915. The van der Waals surface area contributed by atoms with Crippen LogP contribution in [0.1, 0.15) is 16.8 Å². The van der Waals surface area contributed by atoms with Gasteiger partial charge < -0.3 is 4.57 Å². The van der Waals surface area contributed by atoms with Gasteiger partial charge in [-0.1, -0.05) is 29.8 Å². The molecule has 17 heavy (non-hydrogen) atoms. The van der Waals surface area contributed by atoms with E-state index in [1.54, 1.807) is 0 Å². The van der Waals surface area contributed by atoms with Gasteiger partial charge in [0.15, 0.2) is 0 Å². The third-order valence-corrected chi connectivity index (χ3v) is 2.73.